The molecule has 1 unspecified atom stereocenters. The third-order valence-electron chi connectivity index (χ3n) is 2.21. The maximum absolute atomic E-state index is 3.87. The van der Waals surface area contributed by atoms with E-state index >= 15 is 0 Å². The fraction of sp³-hybridized carbons (Fsp3) is 0.889. The van der Waals surface area contributed by atoms with Crippen molar-refractivity contribution in [1.29, 1.82) is 0 Å². The minimum Gasteiger partial charge on any atom is -0.343 e. The largest absolute Gasteiger partial charge is 1.00 e. The minimum atomic E-state index is 0. The van der Waals surface area contributed by atoms with Crippen LogP contribution in [-0.2, 0) is 0 Å². The van der Waals surface area contributed by atoms with Gasteiger partial charge in [-0.3, -0.25) is 0 Å². The Morgan fingerprint density at radius 2 is 2.09 bits per heavy atom. The van der Waals surface area contributed by atoms with Gasteiger partial charge in [0, 0.05) is 6.04 Å². The smallest absolute Gasteiger partial charge is 0.343 e. The van der Waals surface area contributed by atoms with Crippen LogP contribution in [-0.4, -0.2) is 12.6 Å². The standard InChI is InChI=1S/C9H18N.Li/c1-2-6-9-7-4-3-5-8-10-9;/h9-10H,1-8H2;/q-1;+1. The van der Waals surface area contributed by atoms with Gasteiger partial charge in [0.05, 0.1) is 0 Å². The Bertz CT molecular complexity index is 77.6. The molecule has 0 amide bonds. The fourth-order valence-corrected chi connectivity index (χ4v) is 1.59. The molecule has 0 bridgehead atoms. The van der Waals surface area contributed by atoms with Gasteiger partial charge in [-0.1, -0.05) is 19.3 Å². The molecule has 0 aliphatic carbocycles. The van der Waals surface area contributed by atoms with Gasteiger partial charge < -0.3 is 12.2 Å². The van der Waals surface area contributed by atoms with Gasteiger partial charge in [0.25, 0.3) is 0 Å². The van der Waals surface area contributed by atoms with E-state index in [1.807, 2.05) is 0 Å². The summed E-state index contributed by atoms with van der Waals surface area (Å²) >= 11 is 0. The Balaban J connectivity index is 0.000001000. The summed E-state index contributed by atoms with van der Waals surface area (Å²) in [6.45, 7) is 5.10. The van der Waals surface area contributed by atoms with Crippen LogP contribution in [0.4, 0.5) is 0 Å². The predicted molar refractivity (Wildman–Crippen MR) is 44.8 cm³/mol. The maximum Gasteiger partial charge on any atom is 1.00 e. The SMILES string of the molecule is [CH2-]CCC1CCCCCN1.[Li+]. The molecule has 0 spiro atoms. The van der Waals surface area contributed by atoms with Crippen molar-refractivity contribution < 1.29 is 18.9 Å². The molecular weight excluding hydrogens is 129 g/mol. The first kappa shape index (κ1) is 11.6. The first-order valence-corrected chi connectivity index (χ1v) is 4.46. The summed E-state index contributed by atoms with van der Waals surface area (Å²) < 4.78 is 0. The van der Waals surface area contributed by atoms with Crippen molar-refractivity contribution >= 4 is 0 Å². The Morgan fingerprint density at radius 3 is 2.82 bits per heavy atom. The van der Waals surface area contributed by atoms with Gasteiger partial charge in [-0.05, 0) is 19.4 Å². The molecule has 0 aromatic heterocycles. The monoisotopic (exact) mass is 147 g/mol. The number of hydrogen-bond donors (Lipinski definition) is 1. The van der Waals surface area contributed by atoms with E-state index in [-0.39, 0.29) is 18.9 Å². The molecule has 1 nitrogen and oxygen atoms in total. The molecule has 0 radical (unpaired) electrons. The Kier molecular flexibility index (Phi) is 7.59. The Hall–Kier alpha value is 0.557. The summed E-state index contributed by atoms with van der Waals surface area (Å²) in [6.07, 6.45) is 7.92. The number of rotatable bonds is 2. The van der Waals surface area contributed by atoms with Gasteiger partial charge in [-0.2, -0.15) is 6.42 Å². The zero-order valence-corrected chi connectivity index (χ0v) is 7.73. The van der Waals surface area contributed by atoms with Gasteiger partial charge >= 0.3 is 18.9 Å². The van der Waals surface area contributed by atoms with E-state index in [1.165, 1.54) is 38.6 Å². The molecule has 0 aromatic carbocycles. The second kappa shape index (κ2) is 7.22. The molecule has 60 valence electrons. The summed E-state index contributed by atoms with van der Waals surface area (Å²) in [5, 5.41) is 3.54. The van der Waals surface area contributed by atoms with Gasteiger partial charge in [0.2, 0.25) is 0 Å². The molecule has 0 saturated carbocycles. The first-order valence-electron chi connectivity index (χ1n) is 4.46. The zero-order valence-electron chi connectivity index (χ0n) is 7.73. The molecule has 11 heavy (non-hydrogen) atoms. The van der Waals surface area contributed by atoms with Crippen LogP contribution in [0.15, 0.2) is 0 Å². The predicted octanol–water partition coefficient (Wildman–Crippen LogP) is -0.863. The van der Waals surface area contributed by atoms with Crippen molar-refractivity contribution in [3.05, 3.63) is 6.92 Å². The third-order valence-corrected chi connectivity index (χ3v) is 2.21. The van der Waals surface area contributed by atoms with E-state index in [4.69, 9.17) is 0 Å². The van der Waals surface area contributed by atoms with Gasteiger partial charge in [-0.25, -0.2) is 0 Å². The topological polar surface area (TPSA) is 12.0 Å². The van der Waals surface area contributed by atoms with Crippen LogP contribution in [0.2, 0.25) is 0 Å². The fourth-order valence-electron chi connectivity index (χ4n) is 1.59. The average molecular weight is 147 g/mol. The molecular formula is C9H18LiN. The molecule has 0 aromatic rings. The van der Waals surface area contributed by atoms with E-state index < -0.39 is 0 Å². The Morgan fingerprint density at radius 1 is 1.27 bits per heavy atom. The van der Waals surface area contributed by atoms with Crippen molar-refractivity contribution in [3.8, 4) is 0 Å². The van der Waals surface area contributed by atoms with E-state index in [2.05, 4.69) is 12.2 Å². The summed E-state index contributed by atoms with van der Waals surface area (Å²) in [7, 11) is 0. The van der Waals surface area contributed by atoms with Crippen molar-refractivity contribution in [3.63, 3.8) is 0 Å². The van der Waals surface area contributed by atoms with Gasteiger partial charge in [0.1, 0.15) is 0 Å². The van der Waals surface area contributed by atoms with Crippen LogP contribution >= 0.6 is 0 Å². The molecule has 1 saturated heterocycles. The van der Waals surface area contributed by atoms with Crippen LogP contribution in [0.25, 0.3) is 0 Å². The quantitative estimate of drug-likeness (QED) is 0.396. The van der Waals surface area contributed by atoms with Crippen LogP contribution < -0.4 is 24.2 Å². The number of hydrogen-bond acceptors (Lipinski definition) is 1. The van der Waals surface area contributed by atoms with Crippen LogP contribution in [0.1, 0.15) is 38.5 Å². The van der Waals surface area contributed by atoms with Crippen LogP contribution in [0.5, 0.6) is 0 Å². The van der Waals surface area contributed by atoms with Crippen molar-refractivity contribution in [1.82, 2.24) is 5.32 Å². The summed E-state index contributed by atoms with van der Waals surface area (Å²) in [6, 6.07) is 0.778. The van der Waals surface area contributed by atoms with Crippen molar-refractivity contribution in [2.75, 3.05) is 6.54 Å². The van der Waals surface area contributed by atoms with Crippen LogP contribution in [0, 0.1) is 6.92 Å². The maximum atomic E-state index is 3.87. The molecule has 1 atom stereocenters. The average Bonchev–Trinajstić information content (AvgIpc) is 2.17. The van der Waals surface area contributed by atoms with E-state index in [0.717, 1.165) is 12.5 Å². The molecule has 1 rings (SSSR count). The third kappa shape index (κ3) is 4.90. The van der Waals surface area contributed by atoms with Gasteiger partial charge in [-0.15, -0.1) is 0 Å². The molecule has 1 fully saturated rings. The zero-order chi connectivity index (χ0) is 7.23. The summed E-state index contributed by atoms with van der Waals surface area (Å²) in [4.78, 5) is 0. The molecule has 1 aliphatic rings. The van der Waals surface area contributed by atoms with E-state index in [9.17, 15) is 0 Å². The summed E-state index contributed by atoms with van der Waals surface area (Å²) in [5.41, 5.74) is 0. The first-order chi connectivity index (χ1) is 4.93. The summed E-state index contributed by atoms with van der Waals surface area (Å²) in [5.74, 6) is 0. The molecule has 1 aliphatic heterocycles. The second-order valence-electron chi connectivity index (χ2n) is 3.14. The van der Waals surface area contributed by atoms with E-state index in [1.54, 1.807) is 0 Å². The van der Waals surface area contributed by atoms with Gasteiger partial charge in [0.15, 0.2) is 0 Å². The van der Waals surface area contributed by atoms with E-state index in [0.29, 0.717) is 0 Å². The van der Waals surface area contributed by atoms with Crippen molar-refractivity contribution in [2.24, 2.45) is 0 Å². The van der Waals surface area contributed by atoms with Crippen LogP contribution in [0.3, 0.4) is 0 Å². The molecule has 2 heteroatoms. The number of nitrogens with one attached hydrogen (secondary N) is 1. The minimum absolute atomic E-state index is 0. The molecule has 1 N–H and O–H groups in total. The van der Waals surface area contributed by atoms with Crippen molar-refractivity contribution in [2.45, 2.75) is 44.6 Å². The Labute approximate surface area is 82.5 Å². The molecule has 1 heterocycles. The normalized spacial score (nSPS) is 25.4. The second-order valence-corrected chi connectivity index (χ2v) is 3.14.